The number of ether oxygens (including phenoxy) is 1. The maximum atomic E-state index is 12.2. The summed E-state index contributed by atoms with van der Waals surface area (Å²) in [6.45, 7) is 4.55. The van der Waals surface area contributed by atoms with E-state index in [2.05, 4.69) is 13.8 Å². The van der Waals surface area contributed by atoms with Gasteiger partial charge in [-0.2, -0.15) is 0 Å². The zero-order chi connectivity index (χ0) is 32.9. The van der Waals surface area contributed by atoms with Gasteiger partial charge in [0, 0.05) is 6.42 Å². The van der Waals surface area contributed by atoms with Crippen LogP contribution in [-0.2, 0) is 14.3 Å². The largest absolute Gasteiger partial charge is 0.479 e. The molecular formula is C41H80O4. The first-order valence-electron chi connectivity index (χ1n) is 20.5. The van der Waals surface area contributed by atoms with E-state index in [1.54, 1.807) is 0 Å². The number of unbranched alkanes of at least 4 members (excludes halogenated alkanes) is 32. The van der Waals surface area contributed by atoms with Gasteiger partial charge < -0.3 is 9.84 Å². The lowest BCUT2D eigenvalue weighted by molar-refractivity contribution is -0.164. The molecule has 0 spiro atoms. The molecule has 4 nitrogen and oxygen atoms in total. The molecule has 0 fully saturated rings. The van der Waals surface area contributed by atoms with E-state index >= 15 is 0 Å². The van der Waals surface area contributed by atoms with Crippen LogP contribution in [-0.4, -0.2) is 23.1 Å². The third-order valence-electron chi connectivity index (χ3n) is 9.60. The number of esters is 1. The summed E-state index contributed by atoms with van der Waals surface area (Å²) in [4.78, 5) is 23.8. The minimum atomic E-state index is -0.999. The van der Waals surface area contributed by atoms with E-state index < -0.39 is 12.1 Å². The van der Waals surface area contributed by atoms with Crippen LogP contribution in [0.3, 0.4) is 0 Å². The third-order valence-corrected chi connectivity index (χ3v) is 9.60. The Morgan fingerprint density at radius 2 is 0.644 bits per heavy atom. The predicted molar refractivity (Wildman–Crippen MR) is 195 cm³/mol. The smallest absolute Gasteiger partial charge is 0.345 e. The summed E-state index contributed by atoms with van der Waals surface area (Å²) in [6, 6.07) is 0. The first-order chi connectivity index (χ1) is 22.1. The highest BCUT2D eigenvalue weighted by Crippen LogP contribution is 2.17. The third kappa shape index (κ3) is 35.6. The number of hydrogen-bond donors (Lipinski definition) is 1. The summed E-state index contributed by atoms with van der Waals surface area (Å²) in [5, 5.41) is 9.48. The lowest BCUT2D eigenvalue weighted by Crippen LogP contribution is -2.27. The van der Waals surface area contributed by atoms with E-state index in [0.29, 0.717) is 12.8 Å². The minimum absolute atomic E-state index is 0.338. The Hall–Kier alpha value is -1.06. The normalized spacial score (nSPS) is 12.0. The fourth-order valence-corrected chi connectivity index (χ4v) is 6.50. The second-order valence-electron chi connectivity index (χ2n) is 14.2. The van der Waals surface area contributed by atoms with Crippen molar-refractivity contribution in [3.63, 3.8) is 0 Å². The van der Waals surface area contributed by atoms with Crippen LogP contribution < -0.4 is 0 Å². The summed E-state index contributed by atoms with van der Waals surface area (Å²) in [5.41, 5.74) is 0. The van der Waals surface area contributed by atoms with Crippen LogP contribution in [0.1, 0.15) is 245 Å². The second kappa shape index (κ2) is 37.4. The minimum Gasteiger partial charge on any atom is -0.479 e. The van der Waals surface area contributed by atoms with Crippen LogP contribution in [0.5, 0.6) is 0 Å². The average Bonchev–Trinajstić information content (AvgIpc) is 3.03. The maximum Gasteiger partial charge on any atom is 0.345 e. The van der Waals surface area contributed by atoms with E-state index in [-0.39, 0.29) is 5.97 Å². The molecule has 0 aliphatic heterocycles. The molecule has 0 bridgehead atoms. The molecule has 45 heavy (non-hydrogen) atoms. The van der Waals surface area contributed by atoms with E-state index in [1.165, 1.54) is 180 Å². The number of rotatable bonds is 38. The fraction of sp³-hybridized carbons (Fsp3) is 0.951. The lowest BCUT2D eigenvalue weighted by atomic mass is 10.0. The molecule has 0 aromatic rings. The Morgan fingerprint density at radius 1 is 0.400 bits per heavy atom. The lowest BCUT2D eigenvalue weighted by Gasteiger charge is -2.13. The first-order valence-corrected chi connectivity index (χ1v) is 20.5. The zero-order valence-corrected chi connectivity index (χ0v) is 30.7. The number of hydrogen-bond acceptors (Lipinski definition) is 3. The molecule has 0 aromatic carbocycles. The number of carbonyl (C=O) groups excluding carboxylic acids is 1. The molecule has 0 aromatic heterocycles. The van der Waals surface area contributed by atoms with E-state index in [9.17, 15) is 14.7 Å². The number of carboxylic acid groups (broad SMARTS) is 1. The van der Waals surface area contributed by atoms with Gasteiger partial charge in [0.1, 0.15) is 0 Å². The van der Waals surface area contributed by atoms with Crippen molar-refractivity contribution in [3.05, 3.63) is 0 Å². The molecule has 0 rings (SSSR count). The van der Waals surface area contributed by atoms with Crippen molar-refractivity contribution in [2.45, 2.75) is 251 Å². The van der Waals surface area contributed by atoms with Crippen LogP contribution in [0.4, 0.5) is 0 Å². The van der Waals surface area contributed by atoms with Crippen LogP contribution >= 0.6 is 0 Å². The van der Waals surface area contributed by atoms with Crippen molar-refractivity contribution in [3.8, 4) is 0 Å². The highest BCUT2D eigenvalue weighted by Gasteiger charge is 2.21. The van der Waals surface area contributed by atoms with E-state index in [4.69, 9.17) is 4.74 Å². The van der Waals surface area contributed by atoms with Crippen LogP contribution in [0.25, 0.3) is 0 Å². The number of carbonyl (C=O) groups is 2. The van der Waals surface area contributed by atoms with Crippen LogP contribution in [0, 0.1) is 0 Å². The quantitative estimate of drug-likeness (QED) is 0.0541. The van der Waals surface area contributed by atoms with Crippen LogP contribution in [0.2, 0.25) is 0 Å². The molecule has 0 saturated heterocycles. The van der Waals surface area contributed by atoms with Gasteiger partial charge in [0.25, 0.3) is 0 Å². The number of aliphatic carboxylic acids is 1. The van der Waals surface area contributed by atoms with Gasteiger partial charge in [0.15, 0.2) is 6.10 Å². The number of carboxylic acids is 1. The Balaban J connectivity index is 3.45. The van der Waals surface area contributed by atoms with Gasteiger partial charge in [-0.3, -0.25) is 4.79 Å². The molecule has 1 unspecified atom stereocenters. The topological polar surface area (TPSA) is 63.6 Å². The maximum absolute atomic E-state index is 12.2. The SMILES string of the molecule is CCCCCCCCCCCCCCCCCCCCCCCC(=O)OC(CCCCCCCCCCCCCCC)C(=O)O. The molecule has 4 heteroatoms. The monoisotopic (exact) mass is 637 g/mol. The fourth-order valence-electron chi connectivity index (χ4n) is 6.50. The standard InChI is InChI=1S/C41H80O4/c1-3-5-7-9-11-13-15-17-18-19-20-21-22-23-24-26-28-30-32-34-36-38-40(42)45-39(41(43)44)37-35-33-31-29-27-25-16-14-12-10-8-6-4-2/h39H,3-38H2,1-2H3,(H,43,44). The zero-order valence-electron chi connectivity index (χ0n) is 30.7. The molecule has 0 radical (unpaired) electrons. The van der Waals surface area contributed by atoms with Crippen molar-refractivity contribution in [2.75, 3.05) is 0 Å². The average molecular weight is 637 g/mol. The van der Waals surface area contributed by atoms with E-state index in [0.717, 1.165) is 38.5 Å². The molecule has 0 saturated carbocycles. The predicted octanol–water partition coefficient (Wildman–Crippen LogP) is 14.1. The highest BCUT2D eigenvalue weighted by atomic mass is 16.6. The first kappa shape index (κ1) is 43.9. The summed E-state index contributed by atoms with van der Waals surface area (Å²) in [5.74, 6) is -1.34. The Labute approximate surface area is 282 Å². The van der Waals surface area contributed by atoms with Crippen molar-refractivity contribution in [2.24, 2.45) is 0 Å². The molecule has 0 amide bonds. The van der Waals surface area contributed by atoms with Crippen molar-refractivity contribution >= 4 is 11.9 Å². The van der Waals surface area contributed by atoms with Gasteiger partial charge >= 0.3 is 11.9 Å². The van der Waals surface area contributed by atoms with Crippen LogP contribution in [0.15, 0.2) is 0 Å². The summed E-state index contributed by atoms with van der Waals surface area (Å²) < 4.78 is 5.32. The Bertz CT molecular complexity index is 604. The molecule has 0 aliphatic carbocycles. The second-order valence-corrected chi connectivity index (χ2v) is 14.2. The van der Waals surface area contributed by atoms with Crippen molar-refractivity contribution < 1.29 is 19.4 Å². The summed E-state index contributed by atoms with van der Waals surface area (Å²) in [6.07, 6.45) is 44.4. The molecule has 1 atom stereocenters. The molecule has 0 aliphatic rings. The van der Waals surface area contributed by atoms with Crippen molar-refractivity contribution in [1.29, 1.82) is 0 Å². The molecular weight excluding hydrogens is 556 g/mol. The van der Waals surface area contributed by atoms with Gasteiger partial charge in [0.2, 0.25) is 0 Å². The Morgan fingerprint density at radius 3 is 0.911 bits per heavy atom. The van der Waals surface area contributed by atoms with Gasteiger partial charge in [-0.05, 0) is 19.3 Å². The van der Waals surface area contributed by atoms with Gasteiger partial charge in [-0.25, -0.2) is 4.79 Å². The summed E-state index contributed by atoms with van der Waals surface area (Å²) in [7, 11) is 0. The highest BCUT2D eigenvalue weighted by molar-refractivity contribution is 5.77. The van der Waals surface area contributed by atoms with Crippen molar-refractivity contribution in [1.82, 2.24) is 0 Å². The van der Waals surface area contributed by atoms with E-state index in [1.807, 2.05) is 0 Å². The molecule has 268 valence electrons. The van der Waals surface area contributed by atoms with Gasteiger partial charge in [-0.15, -0.1) is 0 Å². The van der Waals surface area contributed by atoms with Gasteiger partial charge in [-0.1, -0.05) is 219 Å². The summed E-state index contributed by atoms with van der Waals surface area (Å²) >= 11 is 0. The Kier molecular flexibility index (Phi) is 36.5. The molecule has 1 N–H and O–H groups in total. The molecule has 0 heterocycles. The van der Waals surface area contributed by atoms with Gasteiger partial charge in [0.05, 0.1) is 0 Å².